The monoisotopic (exact) mass is 313 g/mol. The highest BCUT2D eigenvalue weighted by Crippen LogP contribution is 2.23. The Labute approximate surface area is 131 Å². The van der Waals surface area contributed by atoms with Crippen molar-refractivity contribution in [2.24, 2.45) is 0 Å². The normalized spacial score (nSPS) is 14.6. The van der Waals surface area contributed by atoms with E-state index < -0.39 is 11.9 Å². The van der Waals surface area contributed by atoms with Crippen LogP contribution in [0.25, 0.3) is 5.82 Å². The van der Waals surface area contributed by atoms with E-state index >= 15 is 0 Å². The van der Waals surface area contributed by atoms with E-state index in [4.69, 9.17) is 0 Å². The lowest BCUT2D eigenvalue weighted by molar-refractivity contribution is -0.133. The molecule has 8 nitrogen and oxygen atoms in total. The fraction of sp³-hybridized carbons (Fsp3) is 0.267. The number of carbonyl (C=O) groups is 2. The average molecular weight is 313 g/mol. The first kappa shape index (κ1) is 14.9. The molecule has 0 radical (unpaired) electrons. The summed E-state index contributed by atoms with van der Waals surface area (Å²) in [5, 5.41) is 19.7. The lowest BCUT2D eigenvalue weighted by Crippen LogP contribution is -2.28. The Morgan fingerprint density at radius 2 is 2.00 bits per heavy atom. The van der Waals surface area contributed by atoms with Gasteiger partial charge in [-0.1, -0.05) is 0 Å². The number of aromatic nitrogens is 4. The number of rotatable bonds is 4. The van der Waals surface area contributed by atoms with Crippen LogP contribution >= 0.6 is 0 Å². The predicted molar refractivity (Wildman–Crippen MR) is 79.8 cm³/mol. The van der Waals surface area contributed by atoms with Crippen molar-refractivity contribution in [2.75, 3.05) is 0 Å². The van der Waals surface area contributed by atoms with E-state index in [9.17, 15) is 14.7 Å². The maximum absolute atomic E-state index is 12.2. The molecule has 0 atom stereocenters. The van der Waals surface area contributed by atoms with E-state index in [1.165, 1.54) is 0 Å². The van der Waals surface area contributed by atoms with E-state index in [1.54, 1.807) is 35.4 Å². The van der Waals surface area contributed by atoms with Crippen LogP contribution in [0.15, 0.2) is 42.1 Å². The van der Waals surface area contributed by atoms with Crippen molar-refractivity contribution in [3.63, 3.8) is 0 Å². The van der Waals surface area contributed by atoms with Crippen molar-refractivity contribution in [1.29, 1.82) is 0 Å². The van der Waals surface area contributed by atoms with Crippen molar-refractivity contribution in [3.05, 3.63) is 47.8 Å². The largest absolute Gasteiger partial charge is 0.478 e. The standard InChI is InChI=1S/C15H15N5O3/c21-14(17-11-4-2-1-3-10(11)15(22)23)12-5-6-13(19-18-12)20-8-7-16-9-20/h5-9H,1-4H2,(H,17,21)(H,22,23). The summed E-state index contributed by atoms with van der Waals surface area (Å²) in [4.78, 5) is 27.3. The van der Waals surface area contributed by atoms with Gasteiger partial charge in [-0.15, -0.1) is 10.2 Å². The molecule has 0 saturated carbocycles. The fourth-order valence-corrected chi connectivity index (χ4v) is 2.46. The number of nitrogens with zero attached hydrogens (tertiary/aromatic N) is 4. The van der Waals surface area contributed by atoms with Crippen LogP contribution in [0, 0.1) is 0 Å². The highest BCUT2D eigenvalue weighted by molar-refractivity contribution is 5.95. The minimum atomic E-state index is -0.985. The van der Waals surface area contributed by atoms with Gasteiger partial charge in [-0.3, -0.25) is 9.36 Å². The first-order chi connectivity index (χ1) is 11.1. The summed E-state index contributed by atoms with van der Waals surface area (Å²) >= 11 is 0. The van der Waals surface area contributed by atoms with Crippen LogP contribution in [0.3, 0.4) is 0 Å². The Hall–Kier alpha value is -3.03. The van der Waals surface area contributed by atoms with Crippen LogP contribution in [0.4, 0.5) is 0 Å². The number of imidazole rings is 1. The molecule has 2 N–H and O–H groups in total. The van der Waals surface area contributed by atoms with Gasteiger partial charge in [-0.05, 0) is 37.8 Å². The maximum Gasteiger partial charge on any atom is 0.333 e. The number of aliphatic carboxylic acids is 1. The molecule has 0 saturated heterocycles. The van der Waals surface area contributed by atoms with Crippen molar-refractivity contribution >= 4 is 11.9 Å². The van der Waals surface area contributed by atoms with Crippen molar-refractivity contribution < 1.29 is 14.7 Å². The fourth-order valence-electron chi connectivity index (χ4n) is 2.46. The van der Waals surface area contributed by atoms with Gasteiger partial charge in [0, 0.05) is 18.1 Å². The molecule has 0 aromatic carbocycles. The zero-order valence-corrected chi connectivity index (χ0v) is 12.3. The van der Waals surface area contributed by atoms with Crippen LogP contribution in [-0.2, 0) is 4.79 Å². The molecule has 0 unspecified atom stereocenters. The van der Waals surface area contributed by atoms with E-state index in [-0.39, 0.29) is 11.3 Å². The second-order valence-corrected chi connectivity index (χ2v) is 5.17. The molecule has 0 aliphatic heterocycles. The number of hydrogen-bond donors (Lipinski definition) is 2. The Morgan fingerprint density at radius 1 is 1.17 bits per heavy atom. The first-order valence-electron chi connectivity index (χ1n) is 7.24. The van der Waals surface area contributed by atoms with Crippen LogP contribution < -0.4 is 5.32 Å². The zero-order chi connectivity index (χ0) is 16.2. The number of allylic oxidation sites excluding steroid dienone is 1. The van der Waals surface area contributed by atoms with Gasteiger partial charge in [0.05, 0.1) is 5.57 Å². The summed E-state index contributed by atoms with van der Waals surface area (Å²) in [7, 11) is 0. The summed E-state index contributed by atoms with van der Waals surface area (Å²) in [6.07, 6.45) is 7.61. The predicted octanol–water partition coefficient (Wildman–Crippen LogP) is 1.30. The van der Waals surface area contributed by atoms with Gasteiger partial charge in [0.2, 0.25) is 0 Å². The van der Waals surface area contributed by atoms with Gasteiger partial charge in [0.15, 0.2) is 11.5 Å². The molecule has 0 bridgehead atoms. The molecule has 1 amide bonds. The van der Waals surface area contributed by atoms with Gasteiger partial charge in [-0.2, -0.15) is 0 Å². The summed E-state index contributed by atoms with van der Waals surface area (Å²) in [6, 6.07) is 3.19. The minimum absolute atomic E-state index is 0.136. The third kappa shape index (κ3) is 3.25. The third-order valence-electron chi connectivity index (χ3n) is 3.64. The Morgan fingerprint density at radius 3 is 2.65 bits per heavy atom. The van der Waals surface area contributed by atoms with Crippen LogP contribution in [0.1, 0.15) is 36.2 Å². The first-order valence-corrected chi connectivity index (χ1v) is 7.24. The van der Waals surface area contributed by atoms with Gasteiger partial charge >= 0.3 is 5.97 Å². The third-order valence-corrected chi connectivity index (χ3v) is 3.64. The summed E-state index contributed by atoms with van der Waals surface area (Å²) in [6.45, 7) is 0. The number of amides is 1. The highest BCUT2D eigenvalue weighted by atomic mass is 16.4. The highest BCUT2D eigenvalue weighted by Gasteiger charge is 2.21. The SMILES string of the molecule is O=C(O)C1=C(NC(=O)c2ccc(-n3ccnc3)nn2)CCCC1. The molecule has 8 heteroatoms. The zero-order valence-electron chi connectivity index (χ0n) is 12.3. The summed E-state index contributed by atoms with van der Waals surface area (Å²) in [5.74, 6) is -0.894. The average Bonchev–Trinajstić information content (AvgIpc) is 3.10. The van der Waals surface area contributed by atoms with Crippen molar-refractivity contribution in [1.82, 2.24) is 25.1 Å². The number of nitrogens with one attached hydrogen (secondary N) is 1. The molecule has 2 aromatic heterocycles. The number of carbonyl (C=O) groups excluding carboxylic acids is 1. The van der Waals surface area contributed by atoms with Gasteiger partial charge < -0.3 is 10.4 Å². The maximum atomic E-state index is 12.2. The second-order valence-electron chi connectivity index (χ2n) is 5.17. The number of hydrogen-bond acceptors (Lipinski definition) is 5. The van der Waals surface area contributed by atoms with Crippen LogP contribution in [0.5, 0.6) is 0 Å². The Kier molecular flexibility index (Phi) is 4.13. The molecule has 2 aromatic rings. The number of carboxylic acid groups (broad SMARTS) is 1. The molecule has 2 heterocycles. The topological polar surface area (TPSA) is 110 Å². The van der Waals surface area contributed by atoms with E-state index in [0.717, 1.165) is 12.8 Å². The van der Waals surface area contributed by atoms with E-state index in [2.05, 4.69) is 20.5 Å². The molecular formula is C15H15N5O3. The second kappa shape index (κ2) is 6.39. The van der Waals surface area contributed by atoms with Gasteiger partial charge in [0.1, 0.15) is 6.33 Å². The Bertz CT molecular complexity index is 750. The summed E-state index contributed by atoms with van der Waals surface area (Å²) < 4.78 is 1.67. The molecule has 1 aliphatic rings. The molecule has 3 rings (SSSR count). The van der Waals surface area contributed by atoms with Gasteiger partial charge in [0.25, 0.3) is 5.91 Å². The lowest BCUT2D eigenvalue weighted by Gasteiger charge is -2.18. The molecule has 1 aliphatic carbocycles. The van der Waals surface area contributed by atoms with E-state index in [1.807, 2.05) is 0 Å². The quantitative estimate of drug-likeness (QED) is 0.880. The molecule has 0 spiro atoms. The lowest BCUT2D eigenvalue weighted by atomic mass is 9.96. The van der Waals surface area contributed by atoms with Crippen LogP contribution in [-0.4, -0.2) is 36.7 Å². The number of carboxylic acids is 1. The molecule has 0 fully saturated rings. The molecule has 118 valence electrons. The van der Waals surface area contributed by atoms with Crippen molar-refractivity contribution in [2.45, 2.75) is 25.7 Å². The van der Waals surface area contributed by atoms with Gasteiger partial charge in [-0.25, -0.2) is 9.78 Å². The Balaban J connectivity index is 1.77. The van der Waals surface area contributed by atoms with E-state index in [0.29, 0.717) is 24.4 Å². The molecular weight excluding hydrogens is 298 g/mol. The smallest absolute Gasteiger partial charge is 0.333 e. The summed E-state index contributed by atoms with van der Waals surface area (Å²) in [5.41, 5.74) is 0.874. The van der Waals surface area contributed by atoms with Crippen molar-refractivity contribution in [3.8, 4) is 5.82 Å². The van der Waals surface area contributed by atoms with Crippen LogP contribution in [0.2, 0.25) is 0 Å². The minimum Gasteiger partial charge on any atom is -0.478 e. The molecule has 23 heavy (non-hydrogen) atoms.